The Kier molecular flexibility index (Phi) is 6.62. The Balaban J connectivity index is 1.37. The van der Waals surface area contributed by atoms with Crippen molar-refractivity contribution in [3.63, 3.8) is 0 Å². The first-order chi connectivity index (χ1) is 17.2. The minimum Gasteiger partial charge on any atom is -0.476 e. The van der Waals surface area contributed by atoms with Crippen LogP contribution in [0.3, 0.4) is 0 Å². The number of imidazole rings is 1. The Morgan fingerprint density at radius 2 is 2.06 bits per heavy atom. The second kappa shape index (κ2) is 9.58. The maximum atomic E-state index is 13.5. The van der Waals surface area contributed by atoms with Crippen molar-refractivity contribution in [3.05, 3.63) is 36.7 Å². The number of nitrogens with two attached hydrogens (primary N) is 2. The maximum absolute atomic E-state index is 13.5. The zero-order valence-electron chi connectivity index (χ0n) is 20.0. The van der Waals surface area contributed by atoms with Crippen molar-refractivity contribution in [2.45, 2.75) is 56.7 Å². The van der Waals surface area contributed by atoms with E-state index in [-0.39, 0.29) is 24.5 Å². The predicted molar refractivity (Wildman–Crippen MR) is 130 cm³/mol. The van der Waals surface area contributed by atoms with Crippen molar-refractivity contribution in [1.29, 1.82) is 0 Å². The third-order valence-corrected chi connectivity index (χ3v) is 7.68. The van der Waals surface area contributed by atoms with E-state index in [0.717, 1.165) is 12.8 Å². The normalized spacial score (nSPS) is 27.7. The fourth-order valence-corrected chi connectivity index (χ4v) is 5.69. The molecule has 0 amide bonds. The van der Waals surface area contributed by atoms with Crippen molar-refractivity contribution in [2.75, 3.05) is 18.9 Å². The molecule has 36 heavy (non-hydrogen) atoms. The van der Waals surface area contributed by atoms with Gasteiger partial charge in [-0.3, -0.25) is 9.09 Å². The van der Waals surface area contributed by atoms with Gasteiger partial charge in [0, 0.05) is 6.04 Å². The molecule has 5 atom stereocenters. The second-order valence-corrected chi connectivity index (χ2v) is 10.8. The summed E-state index contributed by atoms with van der Waals surface area (Å²) in [7, 11) is -3.75. The summed E-state index contributed by atoms with van der Waals surface area (Å²) in [6.07, 6.45) is 0.253. The Hall–Kier alpha value is -2.80. The van der Waals surface area contributed by atoms with Crippen LogP contribution in [-0.2, 0) is 13.8 Å². The van der Waals surface area contributed by atoms with E-state index in [1.165, 1.54) is 6.33 Å². The standard InChI is InChI=1S/C22H30N7O6P/c1-3-32-19-16-18(26-21(23)27-19)29(12-25-16)20-22(2,24)17(30)15(34-20)11-33-36(31,28-13-9-10-13)35-14-7-5-4-6-8-14/h4-8,12-13,15,17,20,30H,3,9-11,24H2,1-2H3,(H,28,31)(H2,23,26,27)/t15-,17-,20-,22-,36?/m1/s1. The van der Waals surface area contributed by atoms with Gasteiger partial charge in [-0.15, -0.1) is 0 Å². The van der Waals surface area contributed by atoms with E-state index in [2.05, 4.69) is 20.0 Å². The van der Waals surface area contributed by atoms with Crippen LogP contribution in [0.15, 0.2) is 36.7 Å². The minimum atomic E-state index is -3.75. The molecule has 1 aromatic carbocycles. The van der Waals surface area contributed by atoms with E-state index in [1.54, 1.807) is 35.8 Å². The second-order valence-electron chi connectivity index (χ2n) is 9.08. The average Bonchev–Trinajstić information content (AvgIpc) is 3.49. The Morgan fingerprint density at radius 3 is 2.75 bits per heavy atom. The maximum Gasteiger partial charge on any atom is 0.459 e. The third-order valence-electron chi connectivity index (χ3n) is 6.06. The van der Waals surface area contributed by atoms with Gasteiger partial charge < -0.3 is 30.6 Å². The molecule has 2 fully saturated rings. The average molecular weight is 519 g/mol. The van der Waals surface area contributed by atoms with Gasteiger partial charge in [-0.1, -0.05) is 18.2 Å². The van der Waals surface area contributed by atoms with E-state index in [0.29, 0.717) is 23.5 Å². The van der Waals surface area contributed by atoms with Crippen molar-refractivity contribution in [2.24, 2.45) is 5.73 Å². The highest BCUT2D eigenvalue weighted by atomic mass is 31.2. The van der Waals surface area contributed by atoms with Crippen molar-refractivity contribution < 1.29 is 28.2 Å². The van der Waals surface area contributed by atoms with Gasteiger partial charge >= 0.3 is 7.75 Å². The van der Waals surface area contributed by atoms with Crippen molar-refractivity contribution >= 4 is 24.9 Å². The molecule has 1 aliphatic carbocycles. The fraction of sp³-hybridized carbons (Fsp3) is 0.500. The lowest BCUT2D eigenvalue weighted by Crippen LogP contribution is -2.52. The van der Waals surface area contributed by atoms with Crippen molar-refractivity contribution in [3.8, 4) is 11.6 Å². The largest absolute Gasteiger partial charge is 0.476 e. The van der Waals surface area contributed by atoms with Crippen LogP contribution in [0.2, 0.25) is 0 Å². The molecule has 1 saturated carbocycles. The molecule has 3 aromatic rings. The number of aliphatic hydroxyl groups is 1. The fourth-order valence-electron chi connectivity index (χ4n) is 4.06. The lowest BCUT2D eigenvalue weighted by Gasteiger charge is -2.28. The molecule has 1 saturated heterocycles. The molecule has 2 aromatic heterocycles. The summed E-state index contributed by atoms with van der Waals surface area (Å²) in [5.74, 6) is 0.631. The van der Waals surface area contributed by atoms with Gasteiger partial charge in [-0.05, 0) is 38.8 Å². The first-order valence-electron chi connectivity index (χ1n) is 11.7. The van der Waals surface area contributed by atoms with Gasteiger partial charge in [0.25, 0.3) is 0 Å². The summed E-state index contributed by atoms with van der Waals surface area (Å²) >= 11 is 0. The smallest absolute Gasteiger partial charge is 0.459 e. The number of benzene rings is 1. The number of ether oxygens (including phenoxy) is 2. The van der Waals surface area contributed by atoms with Gasteiger partial charge in [-0.25, -0.2) is 14.6 Å². The van der Waals surface area contributed by atoms with E-state index in [4.69, 9.17) is 30.0 Å². The number of hydrogen-bond donors (Lipinski definition) is 4. The first-order valence-corrected chi connectivity index (χ1v) is 13.3. The van der Waals surface area contributed by atoms with E-state index >= 15 is 0 Å². The van der Waals surface area contributed by atoms with Crippen LogP contribution in [0.5, 0.6) is 11.6 Å². The molecule has 0 radical (unpaired) electrons. The molecule has 13 nitrogen and oxygen atoms in total. The highest BCUT2D eigenvalue weighted by Crippen LogP contribution is 2.48. The number of para-hydroxylation sites is 1. The SMILES string of the molecule is CCOc1nc(N)nc2c1ncn2[C@@H]1O[C@H](COP(=O)(NC2CC2)Oc2ccccc2)[C@@H](O)[C@@]1(C)N. The van der Waals surface area contributed by atoms with Crippen LogP contribution in [0.1, 0.15) is 32.9 Å². The highest BCUT2D eigenvalue weighted by Gasteiger charge is 2.53. The monoisotopic (exact) mass is 519 g/mol. The molecular formula is C22H30N7O6P. The zero-order valence-corrected chi connectivity index (χ0v) is 20.9. The lowest BCUT2D eigenvalue weighted by molar-refractivity contribution is -0.0423. The van der Waals surface area contributed by atoms with Crippen LogP contribution in [0.25, 0.3) is 11.2 Å². The summed E-state index contributed by atoms with van der Waals surface area (Å²) in [5, 5.41) is 14.0. The Bertz CT molecular complexity index is 1270. The molecule has 1 aliphatic heterocycles. The van der Waals surface area contributed by atoms with Crippen LogP contribution in [0, 0.1) is 0 Å². The van der Waals surface area contributed by atoms with Crippen LogP contribution >= 0.6 is 7.75 Å². The van der Waals surface area contributed by atoms with Gasteiger partial charge in [-0.2, -0.15) is 9.97 Å². The highest BCUT2D eigenvalue weighted by molar-refractivity contribution is 7.52. The van der Waals surface area contributed by atoms with Crippen LogP contribution < -0.4 is 25.8 Å². The van der Waals surface area contributed by atoms with E-state index in [1.807, 2.05) is 13.0 Å². The minimum absolute atomic E-state index is 0.00463. The molecule has 0 bridgehead atoms. The number of fused-ring (bicyclic) bond motifs is 1. The molecule has 194 valence electrons. The van der Waals surface area contributed by atoms with Gasteiger partial charge in [0.1, 0.15) is 18.0 Å². The molecular weight excluding hydrogens is 489 g/mol. The zero-order chi connectivity index (χ0) is 25.5. The lowest BCUT2D eigenvalue weighted by atomic mass is 9.93. The third kappa shape index (κ3) is 4.90. The number of aliphatic hydroxyl groups excluding tert-OH is 1. The number of nitrogens with one attached hydrogen (secondary N) is 1. The summed E-state index contributed by atoms with van der Waals surface area (Å²) in [6, 6.07) is 8.79. The molecule has 1 unspecified atom stereocenters. The summed E-state index contributed by atoms with van der Waals surface area (Å²) in [5.41, 5.74) is 11.8. The van der Waals surface area contributed by atoms with Gasteiger partial charge in [0.05, 0.1) is 25.1 Å². The molecule has 2 aliphatic rings. The van der Waals surface area contributed by atoms with Crippen LogP contribution in [-0.4, -0.2) is 61.6 Å². The predicted octanol–water partition coefficient (Wildman–Crippen LogP) is 1.74. The number of nitrogen functional groups attached to an aromatic ring is 1. The van der Waals surface area contributed by atoms with Crippen LogP contribution in [0.4, 0.5) is 5.95 Å². The topological polar surface area (TPSA) is 182 Å². The van der Waals surface area contributed by atoms with E-state index < -0.39 is 31.7 Å². The summed E-state index contributed by atoms with van der Waals surface area (Å²) in [6.45, 7) is 3.59. The Labute approximate surface area is 207 Å². The first kappa shape index (κ1) is 24.9. The molecule has 5 rings (SSSR count). The Morgan fingerprint density at radius 1 is 1.31 bits per heavy atom. The van der Waals surface area contributed by atoms with Gasteiger partial charge in [0.2, 0.25) is 11.8 Å². The summed E-state index contributed by atoms with van der Waals surface area (Å²) < 4.78 is 38.2. The quantitative estimate of drug-likeness (QED) is 0.285. The number of rotatable bonds is 10. The van der Waals surface area contributed by atoms with E-state index in [9.17, 15) is 9.67 Å². The van der Waals surface area contributed by atoms with Gasteiger partial charge in [0.15, 0.2) is 17.4 Å². The number of hydrogen-bond acceptors (Lipinski definition) is 11. The number of anilines is 1. The molecule has 6 N–H and O–H groups in total. The molecule has 0 spiro atoms. The number of nitrogens with zero attached hydrogens (tertiary/aromatic N) is 4. The molecule has 3 heterocycles. The summed E-state index contributed by atoms with van der Waals surface area (Å²) in [4.78, 5) is 12.7. The van der Waals surface area contributed by atoms with Crippen molar-refractivity contribution in [1.82, 2.24) is 24.6 Å². The molecule has 14 heteroatoms. The number of aromatic nitrogens is 4.